The van der Waals surface area contributed by atoms with Crippen LogP contribution in [0.25, 0.3) is 0 Å². The normalized spacial score (nSPS) is 10.3. The molecule has 0 radical (unpaired) electrons. The highest BCUT2D eigenvalue weighted by Crippen LogP contribution is 2.42. The number of carbonyl (C=O) groups excluding carboxylic acids is 1. The number of carbonyl (C=O) groups is 1. The molecule has 0 unspecified atom stereocenters. The average molecular weight is 456 g/mol. The lowest BCUT2D eigenvalue weighted by Crippen LogP contribution is -2.13. The predicted molar refractivity (Wildman–Crippen MR) is 124 cm³/mol. The molecule has 0 aliphatic heterocycles. The summed E-state index contributed by atoms with van der Waals surface area (Å²) in [4.78, 5) is 14.9. The van der Waals surface area contributed by atoms with Crippen molar-refractivity contribution in [3.63, 3.8) is 0 Å². The van der Waals surface area contributed by atoms with Crippen LogP contribution in [0, 0.1) is 0 Å². The van der Waals surface area contributed by atoms with Gasteiger partial charge < -0.3 is 29.0 Å². The lowest BCUT2D eigenvalue weighted by Gasteiger charge is -2.17. The maximum atomic E-state index is 13.0. The molecule has 0 heterocycles. The number of rotatable bonds is 9. The highest BCUT2D eigenvalue weighted by atomic mass is 32.2. The van der Waals surface area contributed by atoms with Crippen molar-refractivity contribution in [1.82, 2.24) is 0 Å². The molecule has 1 N–H and O–H groups in total. The Morgan fingerprint density at radius 2 is 1.31 bits per heavy atom. The summed E-state index contributed by atoms with van der Waals surface area (Å²) in [5, 5.41) is 2.88. The first-order chi connectivity index (χ1) is 15.5. The molecule has 168 valence electrons. The number of methoxy groups -OCH3 is 5. The monoisotopic (exact) mass is 455 g/mol. The zero-order chi connectivity index (χ0) is 23.1. The van der Waals surface area contributed by atoms with Crippen LogP contribution in [-0.2, 0) is 0 Å². The quantitative estimate of drug-likeness (QED) is 0.479. The van der Waals surface area contributed by atoms with Crippen molar-refractivity contribution in [2.24, 2.45) is 0 Å². The van der Waals surface area contributed by atoms with Crippen LogP contribution in [0.2, 0.25) is 0 Å². The van der Waals surface area contributed by atoms with Crippen LogP contribution >= 0.6 is 11.8 Å². The Morgan fingerprint density at radius 3 is 1.84 bits per heavy atom. The maximum Gasteiger partial charge on any atom is 0.256 e. The van der Waals surface area contributed by atoms with Gasteiger partial charge >= 0.3 is 0 Å². The third-order valence-corrected chi connectivity index (χ3v) is 5.68. The minimum Gasteiger partial charge on any atom is -0.495 e. The molecule has 3 aromatic rings. The van der Waals surface area contributed by atoms with E-state index in [2.05, 4.69) is 5.32 Å². The summed E-state index contributed by atoms with van der Waals surface area (Å²) in [7, 11) is 7.63. The molecule has 0 bridgehead atoms. The highest BCUT2D eigenvalue weighted by Gasteiger charge is 2.19. The molecule has 0 aromatic heterocycles. The van der Waals surface area contributed by atoms with Crippen molar-refractivity contribution in [2.75, 3.05) is 40.9 Å². The van der Waals surface area contributed by atoms with Gasteiger partial charge in [0.25, 0.3) is 5.91 Å². The zero-order valence-electron chi connectivity index (χ0n) is 18.6. The number of amides is 1. The van der Waals surface area contributed by atoms with E-state index in [1.165, 1.54) is 21.3 Å². The summed E-state index contributed by atoms with van der Waals surface area (Å²) < 4.78 is 27.1. The third-order valence-electron chi connectivity index (χ3n) is 4.63. The molecule has 1 amide bonds. The van der Waals surface area contributed by atoms with E-state index < -0.39 is 0 Å². The molecule has 3 rings (SSSR count). The van der Waals surface area contributed by atoms with Gasteiger partial charge in [-0.3, -0.25) is 4.79 Å². The van der Waals surface area contributed by atoms with Crippen molar-refractivity contribution in [3.8, 4) is 28.7 Å². The average Bonchev–Trinajstić information content (AvgIpc) is 2.84. The van der Waals surface area contributed by atoms with Crippen LogP contribution in [-0.4, -0.2) is 41.5 Å². The van der Waals surface area contributed by atoms with Gasteiger partial charge in [-0.2, -0.15) is 0 Å². The lowest BCUT2D eigenvalue weighted by molar-refractivity contribution is 0.102. The second kappa shape index (κ2) is 10.7. The molecule has 7 nitrogen and oxygen atoms in total. The number of hydrogen-bond donors (Lipinski definition) is 1. The summed E-state index contributed by atoms with van der Waals surface area (Å²) in [6, 6.07) is 16.7. The highest BCUT2D eigenvalue weighted by molar-refractivity contribution is 7.99. The molecule has 0 aliphatic rings. The van der Waals surface area contributed by atoms with Gasteiger partial charge in [0.15, 0.2) is 11.5 Å². The van der Waals surface area contributed by atoms with E-state index in [1.807, 2.05) is 36.4 Å². The molecule has 0 aliphatic carbocycles. The van der Waals surface area contributed by atoms with Gasteiger partial charge in [-0.25, -0.2) is 0 Å². The SMILES string of the molecule is COc1cc(Sc2ccccc2)c(OC)cc1NC(=O)c1cc(OC)c(OC)c(OC)c1. The van der Waals surface area contributed by atoms with E-state index >= 15 is 0 Å². The van der Waals surface area contributed by atoms with E-state index in [0.717, 1.165) is 9.79 Å². The van der Waals surface area contributed by atoms with Crippen LogP contribution in [0.15, 0.2) is 64.4 Å². The number of ether oxygens (including phenoxy) is 5. The summed E-state index contributed by atoms with van der Waals surface area (Å²) in [5.41, 5.74) is 0.809. The van der Waals surface area contributed by atoms with Gasteiger partial charge in [-0.15, -0.1) is 0 Å². The van der Waals surface area contributed by atoms with E-state index in [9.17, 15) is 4.79 Å². The van der Waals surface area contributed by atoms with E-state index in [0.29, 0.717) is 40.0 Å². The van der Waals surface area contributed by atoms with Crippen molar-refractivity contribution in [1.29, 1.82) is 0 Å². The van der Waals surface area contributed by atoms with Crippen LogP contribution < -0.4 is 29.0 Å². The molecular weight excluding hydrogens is 430 g/mol. The topological polar surface area (TPSA) is 75.3 Å². The summed E-state index contributed by atoms with van der Waals surface area (Å²) >= 11 is 1.54. The van der Waals surface area contributed by atoms with Crippen molar-refractivity contribution in [3.05, 3.63) is 60.2 Å². The first kappa shape index (κ1) is 23.1. The number of hydrogen-bond acceptors (Lipinski definition) is 7. The molecule has 32 heavy (non-hydrogen) atoms. The fourth-order valence-corrected chi connectivity index (χ4v) is 4.03. The van der Waals surface area contributed by atoms with E-state index in [-0.39, 0.29) is 5.91 Å². The van der Waals surface area contributed by atoms with E-state index in [4.69, 9.17) is 23.7 Å². The lowest BCUT2D eigenvalue weighted by atomic mass is 10.1. The first-order valence-corrected chi connectivity index (χ1v) is 10.5. The van der Waals surface area contributed by atoms with Gasteiger partial charge in [-0.05, 0) is 30.3 Å². The molecule has 0 saturated carbocycles. The van der Waals surface area contributed by atoms with Crippen LogP contribution in [0.4, 0.5) is 5.69 Å². The van der Waals surface area contributed by atoms with Crippen LogP contribution in [0.1, 0.15) is 10.4 Å². The Kier molecular flexibility index (Phi) is 7.72. The van der Waals surface area contributed by atoms with Gasteiger partial charge in [0.1, 0.15) is 11.5 Å². The molecule has 0 saturated heterocycles. The molecule has 3 aromatic carbocycles. The molecule has 0 atom stereocenters. The number of benzene rings is 3. The number of nitrogens with one attached hydrogen (secondary N) is 1. The van der Waals surface area contributed by atoms with Gasteiger partial charge in [0, 0.05) is 16.5 Å². The minimum absolute atomic E-state index is 0.336. The maximum absolute atomic E-state index is 13.0. The predicted octanol–water partition coefficient (Wildman–Crippen LogP) is 5.13. The molecule has 0 fully saturated rings. The largest absolute Gasteiger partial charge is 0.495 e. The summed E-state index contributed by atoms with van der Waals surface area (Å²) in [6.45, 7) is 0. The van der Waals surface area contributed by atoms with Crippen molar-refractivity contribution < 1.29 is 28.5 Å². The van der Waals surface area contributed by atoms with Gasteiger partial charge in [-0.1, -0.05) is 30.0 Å². The first-order valence-electron chi connectivity index (χ1n) is 9.64. The smallest absolute Gasteiger partial charge is 0.256 e. The fraction of sp³-hybridized carbons (Fsp3) is 0.208. The van der Waals surface area contributed by atoms with Gasteiger partial charge in [0.2, 0.25) is 5.75 Å². The Bertz CT molecular complexity index is 1060. The molecular formula is C24H25NO6S. The Labute approximate surface area is 191 Å². The summed E-state index contributed by atoms with van der Waals surface area (Å²) in [6.07, 6.45) is 0. The van der Waals surface area contributed by atoms with Crippen molar-refractivity contribution >= 4 is 23.4 Å². The molecule has 0 spiro atoms. The zero-order valence-corrected chi connectivity index (χ0v) is 19.4. The Balaban J connectivity index is 1.94. The second-order valence-electron chi connectivity index (χ2n) is 6.49. The molecule has 8 heteroatoms. The van der Waals surface area contributed by atoms with E-state index in [1.54, 1.807) is 44.2 Å². The second-order valence-corrected chi connectivity index (χ2v) is 7.60. The minimum atomic E-state index is -0.368. The van der Waals surface area contributed by atoms with Crippen LogP contribution in [0.3, 0.4) is 0 Å². The van der Waals surface area contributed by atoms with Crippen LogP contribution in [0.5, 0.6) is 28.7 Å². The fourth-order valence-electron chi connectivity index (χ4n) is 3.07. The Morgan fingerprint density at radius 1 is 0.719 bits per heavy atom. The Hall–Kier alpha value is -3.52. The van der Waals surface area contributed by atoms with Crippen molar-refractivity contribution in [2.45, 2.75) is 9.79 Å². The summed E-state index contributed by atoms with van der Waals surface area (Å²) in [5.74, 6) is 1.93. The third kappa shape index (κ3) is 5.03. The standard InChI is InChI=1S/C24H25NO6S/c1-27-18-14-22(32-16-9-7-6-8-10-16)19(28-2)13-17(18)25-24(26)15-11-20(29-3)23(31-5)21(12-15)30-4/h6-14H,1-5H3,(H,25,26). The number of anilines is 1. The van der Waals surface area contributed by atoms with Gasteiger partial charge in [0.05, 0.1) is 46.1 Å².